The number of benzene rings is 3. The predicted octanol–water partition coefficient (Wildman–Crippen LogP) is 2.44. The van der Waals surface area contributed by atoms with Gasteiger partial charge in [0.25, 0.3) is 5.91 Å². The second-order valence-electron chi connectivity index (χ2n) is 6.82. The van der Waals surface area contributed by atoms with Gasteiger partial charge < -0.3 is 10.5 Å². The molecule has 1 amide bonds. The second-order valence-corrected chi connectivity index (χ2v) is 6.82. The van der Waals surface area contributed by atoms with Crippen LogP contribution in [0.5, 0.6) is 0 Å². The highest BCUT2D eigenvalue weighted by atomic mass is 16.5. The number of anilines is 2. The van der Waals surface area contributed by atoms with Crippen molar-refractivity contribution in [1.82, 2.24) is 0 Å². The molecule has 0 aromatic heterocycles. The Morgan fingerprint density at radius 1 is 1.00 bits per heavy atom. The van der Waals surface area contributed by atoms with Crippen molar-refractivity contribution in [2.75, 3.05) is 10.7 Å². The second kappa shape index (κ2) is 8.18. The zero-order valence-electron chi connectivity index (χ0n) is 16.1. The molecule has 1 aliphatic rings. The largest absolute Gasteiger partial charge is 0.459 e. The smallest absolute Gasteiger partial charge is 0.341 e. The number of esters is 1. The van der Waals surface area contributed by atoms with Crippen LogP contribution in [0.25, 0.3) is 0 Å². The number of fused-ring (bicyclic) bond motifs is 1. The Bertz CT molecular complexity index is 1110. The summed E-state index contributed by atoms with van der Waals surface area (Å²) in [5, 5.41) is 0.933. The number of ether oxygens (including phenoxy) is 1. The molecule has 4 N–H and O–H groups in total. The van der Waals surface area contributed by atoms with E-state index in [1.54, 1.807) is 18.2 Å². The van der Waals surface area contributed by atoms with Crippen LogP contribution in [0.2, 0.25) is 0 Å². The van der Waals surface area contributed by atoms with Gasteiger partial charge >= 0.3 is 5.97 Å². The fourth-order valence-corrected chi connectivity index (χ4v) is 3.24. The number of nitrogen functional groups attached to an aromatic ring is 1. The number of hydrogen-bond donors (Lipinski definition) is 2. The van der Waals surface area contributed by atoms with Crippen molar-refractivity contribution >= 4 is 29.0 Å². The van der Waals surface area contributed by atoms with E-state index in [0.717, 1.165) is 16.1 Å². The molecular formula is C23H20N4O3. The number of aliphatic imine (C=N–C) groups is 1. The molecule has 0 bridgehead atoms. The normalized spacial score (nSPS) is 15.8. The SMILES string of the molecule is Nc1ccc2c(c1)C(c1ccccc1)=NC(C(=O)OCc1ccccc1)C(=O)N2N. The molecule has 1 atom stereocenters. The predicted molar refractivity (Wildman–Crippen MR) is 115 cm³/mol. The van der Waals surface area contributed by atoms with E-state index in [2.05, 4.69) is 4.99 Å². The maximum atomic E-state index is 13.0. The summed E-state index contributed by atoms with van der Waals surface area (Å²) < 4.78 is 5.37. The number of hydrogen-bond acceptors (Lipinski definition) is 6. The molecule has 1 aliphatic heterocycles. The standard InChI is InChI=1S/C23H20N4O3/c24-17-11-12-19-18(13-17)20(16-9-5-2-6-10-16)26-21(22(28)27(19)25)23(29)30-14-15-7-3-1-4-8-15/h1-13,21H,14,24-25H2. The fourth-order valence-electron chi connectivity index (χ4n) is 3.24. The van der Waals surface area contributed by atoms with Gasteiger partial charge in [0.15, 0.2) is 0 Å². The molecule has 30 heavy (non-hydrogen) atoms. The zero-order valence-corrected chi connectivity index (χ0v) is 16.1. The molecular weight excluding hydrogens is 380 g/mol. The summed E-state index contributed by atoms with van der Waals surface area (Å²) in [6.45, 7) is 0.0319. The van der Waals surface area contributed by atoms with E-state index in [1.165, 1.54) is 0 Å². The summed E-state index contributed by atoms with van der Waals surface area (Å²) in [4.78, 5) is 30.3. The number of amides is 1. The van der Waals surface area contributed by atoms with Crippen LogP contribution in [0.3, 0.4) is 0 Å². The Morgan fingerprint density at radius 3 is 2.37 bits per heavy atom. The Kier molecular flexibility index (Phi) is 5.28. The highest BCUT2D eigenvalue weighted by Crippen LogP contribution is 2.29. The Balaban J connectivity index is 1.74. The van der Waals surface area contributed by atoms with E-state index < -0.39 is 17.9 Å². The topological polar surface area (TPSA) is 111 Å². The quantitative estimate of drug-likeness (QED) is 0.230. The number of carbonyl (C=O) groups is 2. The summed E-state index contributed by atoms with van der Waals surface area (Å²) in [6.07, 6.45) is 0. The molecule has 3 aromatic rings. The average molecular weight is 400 g/mol. The average Bonchev–Trinajstić information content (AvgIpc) is 2.88. The van der Waals surface area contributed by atoms with Crippen LogP contribution >= 0.6 is 0 Å². The highest BCUT2D eigenvalue weighted by molar-refractivity contribution is 6.23. The molecule has 0 saturated carbocycles. The number of carbonyl (C=O) groups excluding carboxylic acids is 2. The van der Waals surface area contributed by atoms with Gasteiger partial charge in [-0.15, -0.1) is 0 Å². The summed E-state index contributed by atoms with van der Waals surface area (Å²) in [6, 6.07) is 22.0. The first kappa shape index (κ1) is 19.4. The summed E-state index contributed by atoms with van der Waals surface area (Å²) in [5.74, 6) is 4.63. The number of hydrazine groups is 1. The van der Waals surface area contributed by atoms with E-state index in [0.29, 0.717) is 22.6 Å². The van der Waals surface area contributed by atoms with Crippen molar-refractivity contribution in [1.29, 1.82) is 0 Å². The van der Waals surface area contributed by atoms with Crippen LogP contribution in [0.1, 0.15) is 16.7 Å². The van der Waals surface area contributed by atoms with E-state index >= 15 is 0 Å². The molecule has 1 unspecified atom stereocenters. The van der Waals surface area contributed by atoms with Gasteiger partial charge in [0.05, 0.1) is 11.4 Å². The van der Waals surface area contributed by atoms with Crippen molar-refractivity contribution in [2.24, 2.45) is 10.8 Å². The summed E-state index contributed by atoms with van der Waals surface area (Å²) in [7, 11) is 0. The van der Waals surface area contributed by atoms with Crippen molar-refractivity contribution < 1.29 is 14.3 Å². The lowest BCUT2D eigenvalue weighted by Gasteiger charge is -2.19. The number of benzodiazepines with no additional fused rings is 1. The Hall–Kier alpha value is -3.97. The third-order valence-electron chi connectivity index (χ3n) is 4.76. The molecule has 7 nitrogen and oxygen atoms in total. The first-order chi connectivity index (χ1) is 14.5. The minimum Gasteiger partial charge on any atom is -0.459 e. The molecule has 3 aromatic carbocycles. The van der Waals surface area contributed by atoms with Crippen molar-refractivity contribution in [3.05, 3.63) is 95.6 Å². The summed E-state index contributed by atoms with van der Waals surface area (Å²) in [5.41, 5.74) is 9.42. The molecule has 0 radical (unpaired) electrons. The van der Waals surface area contributed by atoms with Gasteiger partial charge in [-0.05, 0) is 23.8 Å². The molecule has 0 aliphatic carbocycles. The van der Waals surface area contributed by atoms with Crippen LogP contribution in [-0.2, 0) is 20.9 Å². The molecule has 0 fully saturated rings. The van der Waals surface area contributed by atoms with E-state index in [-0.39, 0.29) is 6.61 Å². The van der Waals surface area contributed by atoms with Crippen LogP contribution < -0.4 is 16.6 Å². The van der Waals surface area contributed by atoms with Gasteiger partial charge in [-0.1, -0.05) is 60.7 Å². The molecule has 0 saturated heterocycles. The number of rotatable bonds is 4. The minimum absolute atomic E-state index is 0.0319. The molecule has 1 heterocycles. The van der Waals surface area contributed by atoms with Gasteiger partial charge in [-0.25, -0.2) is 15.6 Å². The highest BCUT2D eigenvalue weighted by Gasteiger charge is 2.36. The summed E-state index contributed by atoms with van der Waals surface area (Å²) >= 11 is 0. The van der Waals surface area contributed by atoms with Crippen LogP contribution in [0.15, 0.2) is 83.9 Å². The van der Waals surface area contributed by atoms with E-state index in [9.17, 15) is 9.59 Å². The zero-order chi connectivity index (χ0) is 21.1. The van der Waals surface area contributed by atoms with E-state index in [4.69, 9.17) is 16.3 Å². The van der Waals surface area contributed by atoms with Crippen molar-refractivity contribution in [2.45, 2.75) is 12.6 Å². The third kappa shape index (κ3) is 3.78. The van der Waals surface area contributed by atoms with Gasteiger partial charge in [0.1, 0.15) is 6.61 Å². The lowest BCUT2D eigenvalue weighted by atomic mass is 10.00. The van der Waals surface area contributed by atoms with Crippen LogP contribution in [0.4, 0.5) is 11.4 Å². The van der Waals surface area contributed by atoms with Crippen molar-refractivity contribution in [3.8, 4) is 0 Å². The van der Waals surface area contributed by atoms with E-state index in [1.807, 2.05) is 60.7 Å². The molecule has 0 spiro atoms. The van der Waals surface area contributed by atoms with Gasteiger partial charge in [0.2, 0.25) is 6.04 Å². The van der Waals surface area contributed by atoms with Gasteiger partial charge in [0, 0.05) is 16.8 Å². The fraction of sp³-hybridized carbons (Fsp3) is 0.0870. The van der Waals surface area contributed by atoms with Gasteiger partial charge in [-0.3, -0.25) is 9.79 Å². The molecule has 7 heteroatoms. The van der Waals surface area contributed by atoms with Crippen LogP contribution in [-0.4, -0.2) is 23.6 Å². The first-order valence-electron chi connectivity index (χ1n) is 9.37. The van der Waals surface area contributed by atoms with Crippen molar-refractivity contribution in [3.63, 3.8) is 0 Å². The maximum Gasteiger partial charge on any atom is 0.341 e. The first-order valence-corrected chi connectivity index (χ1v) is 9.37. The number of nitrogens with two attached hydrogens (primary N) is 2. The monoisotopic (exact) mass is 400 g/mol. The lowest BCUT2D eigenvalue weighted by molar-refractivity contribution is -0.149. The molecule has 4 rings (SSSR count). The van der Waals surface area contributed by atoms with Gasteiger partial charge in [-0.2, -0.15) is 0 Å². The Labute approximate surface area is 173 Å². The number of nitrogens with zero attached hydrogens (tertiary/aromatic N) is 2. The Morgan fingerprint density at radius 2 is 1.67 bits per heavy atom. The third-order valence-corrected chi connectivity index (χ3v) is 4.76. The lowest BCUT2D eigenvalue weighted by Crippen LogP contribution is -2.46. The molecule has 150 valence electrons. The maximum absolute atomic E-state index is 13.0. The minimum atomic E-state index is -1.43. The van der Waals surface area contributed by atoms with Crippen LogP contribution in [0, 0.1) is 0 Å².